The number of aromatic nitrogens is 2. The highest BCUT2D eigenvalue weighted by Crippen LogP contribution is 2.04. The molecule has 20 heavy (non-hydrogen) atoms. The minimum atomic E-state index is -3.36. The third-order valence-electron chi connectivity index (χ3n) is 2.17. The SMILES string of the molecule is CC(C)(CNC(=O)c1cncc(NN)n1)NS(C)(=O)=O. The summed E-state index contributed by atoms with van der Waals surface area (Å²) in [5.41, 5.74) is 1.54. The summed E-state index contributed by atoms with van der Waals surface area (Å²) in [7, 11) is -3.36. The van der Waals surface area contributed by atoms with E-state index in [0.29, 0.717) is 0 Å². The first kappa shape index (κ1) is 16.3. The first-order chi connectivity index (χ1) is 9.13. The summed E-state index contributed by atoms with van der Waals surface area (Å²) >= 11 is 0. The first-order valence-electron chi connectivity index (χ1n) is 5.69. The number of nitrogen functional groups attached to an aromatic ring is 1. The van der Waals surface area contributed by atoms with Crippen LogP contribution >= 0.6 is 0 Å². The van der Waals surface area contributed by atoms with Crippen molar-refractivity contribution in [3.8, 4) is 0 Å². The quantitative estimate of drug-likeness (QED) is 0.383. The van der Waals surface area contributed by atoms with E-state index in [1.807, 2.05) is 0 Å². The number of nitrogens with zero attached hydrogens (tertiary/aromatic N) is 2. The first-order valence-corrected chi connectivity index (χ1v) is 7.58. The zero-order chi connectivity index (χ0) is 15.4. The molecule has 0 aliphatic carbocycles. The predicted octanol–water partition coefficient (Wildman–Crippen LogP) is -1.18. The van der Waals surface area contributed by atoms with E-state index in [0.717, 1.165) is 6.26 Å². The van der Waals surface area contributed by atoms with Crippen molar-refractivity contribution in [2.45, 2.75) is 19.4 Å². The van der Waals surface area contributed by atoms with Gasteiger partial charge in [0, 0.05) is 12.1 Å². The van der Waals surface area contributed by atoms with Crippen molar-refractivity contribution >= 4 is 21.7 Å². The van der Waals surface area contributed by atoms with Crippen molar-refractivity contribution in [2.24, 2.45) is 5.84 Å². The van der Waals surface area contributed by atoms with Crippen molar-refractivity contribution in [3.05, 3.63) is 18.1 Å². The predicted molar refractivity (Wildman–Crippen MR) is 74.2 cm³/mol. The monoisotopic (exact) mass is 302 g/mol. The van der Waals surface area contributed by atoms with Crippen molar-refractivity contribution < 1.29 is 13.2 Å². The molecule has 0 atom stereocenters. The lowest BCUT2D eigenvalue weighted by atomic mass is 10.1. The molecule has 112 valence electrons. The van der Waals surface area contributed by atoms with Gasteiger partial charge in [0.1, 0.15) is 5.69 Å². The van der Waals surface area contributed by atoms with Gasteiger partial charge in [-0.1, -0.05) is 0 Å². The summed E-state index contributed by atoms with van der Waals surface area (Å²) in [6.45, 7) is 3.40. The van der Waals surface area contributed by atoms with Crippen LogP contribution < -0.4 is 21.3 Å². The average Bonchev–Trinajstić information content (AvgIpc) is 2.33. The number of hydrogen-bond acceptors (Lipinski definition) is 7. The van der Waals surface area contributed by atoms with E-state index in [9.17, 15) is 13.2 Å². The molecule has 0 aromatic carbocycles. The van der Waals surface area contributed by atoms with Crippen molar-refractivity contribution in [2.75, 3.05) is 18.2 Å². The molecule has 0 unspecified atom stereocenters. The number of hydrogen-bond donors (Lipinski definition) is 4. The van der Waals surface area contributed by atoms with Gasteiger partial charge < -0.3 is 10.7 Å². The highest BCUT2D eigenvalue weighted by molar-refractivity contribution is 7.88. The zero-order valence-corrected chi connectivity index (χ0v) is 12.3. The molecule has 0 bridgehead atoms. The van der Waals surface area contributed by atoms with E-state index in [4.69, 9.17) is 5.84 Å². The van der Waals surface area contributed by atoms with Crippen LogP contribution in [-0.2, 0) is 10.0 Å². The van der Waals surface area contributed by atoms with Crippen molar-refractivity contribution in [1.82, 2.24) is 20.0 Å². The van der Waals surface area contributed by atoms with Gasteiger partial charge in [0.05, 0.1) is 18.6 Å². The number of nitrogens with two attached hydrogens (primary N) is 1. The topological polar surface area (TPSA) is 139 Å². The number of carbonyl (C=O) groups excluding carboxylic acids is 1. The molecule has 0 spiro atoms. The summed E-state index contributed by atoms with van der Waals surface area (Å²) in [5.74, 6) is 4.95. The number of anilines is 1. The molecular formula is C10H18N6O3S. The lowest BCUT2D eigenvalue weighted by molar-refractivity contribution is 0.0939. The molecule has 0 radical (unpaired) electrons. The van der Waals surface area contributed by atoms with E-state index < -0.39 is 21.5 Å². The molecule has 5 N–H and O–H groups in total. The van der Waals surface area contributed by atoms with Crippen LogP contribution in [0.1, 0.15) is 24.3 Å². The molecule has 1 amide bonds. The maximum Gasteiger partial charge on any atom is 0.271 e. The minimum absolute atomic E-state index is 0.0793. The van der Waals surface area contributed by atoms with E-state index >= 15 is 0 Å². The molecule has 0 aliphatic heterocycles. The van der Waals surface area contributed by atoms with Gasteiger partial charge in [-0.15, -0.1) is 0 Å². The second kappa shape index (κ2) is 6.11. The normalized spacial score (nSPS) is 12.0. The molecule has 0 saturated heterocycles. The number of amides is 1. The summed E-state index contributed by atoms with van der Waals surface area (Å²) in [6.07, 6.45) is 3.71. The van der Waals surface area contributed by atoms with Gasteiger partial charge in [0.25, 0.3) is 5.91 Å². The molecule has 0 fully saturated rings. The van der Waals surface area contributed by atoms with Gasteiger partial charge in [-0.25, -0.2) is 24.0 Å². The molecule has 9 nitrogen and oxygen atoms in total. The Morgan fingerprint density at radius 3 is 2.60 bits per heavy atom. The Balaban J connectivity index is 2.67. The number of carbonyl (C=O) groups is 1. The number of sulfonamides is 1. The van der Waals surface area contributed by atoms with Crippen LogP contribution in [0.2, 0.25) is 0 Å². The Labute approximate surface area is 117 Å². The minimum Gasteiger partial charge on any atom is -0.349 e. The highest BCUT2D eigenvalue weighted by atomic mass is 32.2. The Morgan fingerprint density at radius 2 is 2.05 bits per heavy atom. The van der Waals surface area contributed by atoms with E-state index in [2.05, 4.69) is 25.4 Å². The Hall–Kier alpha value is -1.78. The van der Waals surface area contributed by atoms with Gasteiger partial charge in [0.2, 0.25) is 10.0 Å². The average molecular weight is 302 g/mol. The zero-order valence-electron chi connectivity index (χ0n) is 11.5. The fourth-order valence-corrected chi connectivity index (χ4v) is 2.55. The van der Waals surface area contributed by atoms with Crippen LogP contribution in [0.3, 0.4) is 0 Å². The fourth-order valence-electron chi connectivity index (χ4n) is 1.47. The molecule has 1 rings (SSSR count). The van der Waals surface area contributed by atoms with Crippen LogP contribution in [0.4, 0.5) is 5.82 Å². The molecule has 1 heterocycles. The second-order valence-electron chi connectivity index (χ2n) is 4.87. The lowest BCUT2D eigenvalue weighted by Gasteiger charge is -2.25. The molecule has 10 heteroatoms. The standard InChI is InChI=1S/C10H18N6O3S/c1-10(2,16-20(3,18)19)6-13-9(17)7-4-12-5-8(14-7)15-11/h4-5,16H,6,11H2,1-3H3,(H,13,17)(H,14,15). The summed E-state index contributed by atoms with van der Waals surface area (Å²) in [4.78, 5) is 19.6. The van der Waals surface area contributed by atoms with Crippen molar-refractivity contribution in [3.63, 3.8) is 0 Å². The Morgan fingerprint density at radius 1 is 1.40 bits per heavy atom. The molecule has 0 saturated carbocycles. The molecule has 1 aromatic heterocycles. The third kappa shape index (κ3) is 5.47. The fraction of sp³-hybridized carbons (Fsp3) is 0.500. The van der Waals surface area contributed by atoms with E-state index in [1.54, 1.807) is 13.8 Å². The van der Waals surface area contributed by atoms with Crippen LogP contribution in [0.5, 0.6) is 0 Å². The second-order valence-corrected chi connectivity index (χ2v) is 6.62. The van der Waals surface area contributed by atoms with Gasteiger partial charge in [0.15, 0.2) is 5.82 Å². The molecule has 0 aliphatic rings. The van der Waals surface area contributed by atoms with Crippen LogP contribution in [0.15, 0.2) is 12.4 Å². The lowest BCUT2D eigenvalue weighted by Crippen LogP contribution is -2.51. The molecular weight excluding hydrogens is 284 g/mol. The summed E-state index contributed by atoms with van der Waals surface area (Å²) < 4.78 is 24.8. The molecule has 1 aromatic rings. The van der Waals surface area contributed by atoms with Gasteiger partial charge in [-0.3, -0.25) is 9.78 Å². The van der Waals surface area contributed by atoms with Crippen LogP contribution in [0, 0.1) is 0 Å². The van der Waals surface area contributed by atoms with Crippen LogP contribution in [-0.4, -0.2) is 42.6 Å². The number of nitrogens with one attached hydrogen (secondary N) is 3. The third-order valence-corrected chi connectivity index (χ3v) is 3.09. The van der Waals surface area contributed by atoms with E-state index in [1.165, 1.54) is 12.4 Å². The number of hydrazine groups is 1. The smallest absolute Gasteiger partial charge is 0.271 e. The maximum atomic E-state index is 11.9. The summed E-state index contributed by atoms with van der Waals surface area (Å²) in [5, 5.41) is 2.58. The largest absolute Gasteiger partial charge is 0.349 e. The van der Waals surface area contributed by atoms with Crippen molar-refractivity contribution in [1.29, 1.82) is 0 Å². The highest BCUT2D eigenvalue weighted by Gasteiger charge is 2.23. The Kier molecular flexibility index (Phi) is 4.98. The van der Waals surface area contributed by atoms with E-state index in [-0.39, 0.29) is 18.1 Å². The van der Waals surface area contributed by atoms with Gasteiger partial charge in [-0.05, 0) is 13.8 Å². The number of rotatable bonds is 6. The van der Waals surface area contributed by atoms with Gasteiger partial charge in [-0.2, -0.15) is 0 Å². The van der Waals surface area contributed by atoms with Gasteiger partial charge >= 0.3 is 0 Å². The Bertz CT molecular complexity index is 586. The van der Waals surface area contributed by atoms with Crippen LogP contribution in [0.25, 0.3) is 0 Å². The summed E-state index contributed by atoms with van der Waals surface area (Å²) in [6, 6.07) is 0. The maximum absolute atomic E-state index is 11.9.